The molecule has 2 aromatic carbocycles. The Labute approximate surface area is 177 Å². The van der Waals surface area contributed by atoms with E-state index in [-0.39, 0.29) is 0 Å². The lowest BCUT2D eigenvalue weighted by Gasteiger charge is -2.17. The molecule has 30 heavy (non-hydrogen) atoms. The molecule has 0 atom stereocenters. The minimum atomic E-state index is -4.94. The zero-order valence-corrected chi connectivity index (χ0v) is 17.7. The summed E-state index contributed by atoms with van der Waals surface area (Å²) in [4.78, 5) is 0. The first-order valence-corrected chi connectivity index (χ1v) is 10.4. The molecule has 8 nitrogen and oxygen atoms in total. The van der Waals surface area contributed by atoms with Crippen molar-refractivity contribution in [2.24, 2.45) is 0 Å². The van der Waals surface area contributed by atoms with Gasteiger partial charge < -0.3 is 14.8 Å². The SMILES string of the molecule is CCCCNc1cc(-c2ccc(OC)cc2OC)[o+]c2ccccc12.[O-][Cl+3]([O-])([O-])[O-]. The fourth-order valence-electron chi connectivity index (χ4n) is 2.82. The number of rotatable bonds is 7. The molecule has 0 saturated carbocycles. The van der Waals surface area contributed by atoms with E-state index in [0.717, 1.165) is 58.9 Å². The first-order valence-electron chi connectivity index (χ1n) is 9.20. The maximum absolute atomic E-state index is 8.49. The Morgan fingerprint density at radius 2 is 1.67 bits per heavy atom. The van der Waals surface area contributed by atoms with Crippen molar-refractivity contribution in [2.75, 3.05) is 26.1 Å². The van der Waals surface area contributed by atoms with E-state index >= 15 is 0 Å². The monoisotopic (exact) mass is 437 g/mol. The molecule has 0 aliphatic carbocycles. The Hall–Kier alpha value is -2.62. The van der Waals surface area contributed by atoms with Crippen molar-refractivity contribution in [3.8, 4) is 22.8 Å². The highest BCUT2D eigenvalue weighted by molar-refractivity contribution is 5.92. The molecular weight excluding hydrogens is 414 g/mol. The van der Waals surface area contributed by atoms with Gasteiger partial charge in [-0.25, -0.2) is 23.1 Å². The van der Waals surface area contributed by atoms with Gasteiger partial charge in [-0.05, 0) is 24.6 Å². The maximum Gasteiger partial charge on any atom is 0.366 e. The lowest BCUT2D eigenvalue weighted by Crippen LogP contribution is -2.68. The van der Waals surface area contributed by atoms with Crippen LogP contribution in [0.1, 0.15) is 19.8 Å². The van der Waals surface area contributed by atoms with Gasteiger partial charge in [-0.1, -0.05) is 25.5 Å². The second-order valence-corrected chi connectivity index (χ2v) is 7.00. The van der Waals surface area contributed by atoms with Crippen LogP contribution in [0, 0.1) is 10.2 Å². The third kappa shape index (κ3) is 7.01. The van der Waals surface area contributed by atoms with Crippen molar-refractivity contribution in [3.05, 3.63) is 48.5 Å². The van der Waals surface area contributed by atoms with Crippen LogP contribution in [0.4, 0.5) is 5.69 Å². The summed E-state index contributed by atoms with van der Waals surface area (Å²) in [6.07, 6.45) is 2.28. The van der Waals surface area contributed by atoms with Gasteiger partial charge >= 0.3 is 11.3 Å². The quantitative estimate of drug-likeness (QED) is 0.424. The van der Waals surface area contributed by atoms with Gasteiger partial charge in [0, 0.05) is 18.7 Å². The van der Waals surface area contributed by atoms with Crippen LogP contribution >= 0.6 is 0 Å². The summed E-state index contributed by atoms with van der Waals surface area (Å²) < 4.78 is 50.9. The average molecular weight is 438 g/mol. The van der Waals surface area contributed by atoms with E-state index in [1.165, 1.54) is 0 Å². The number of hydrogen-bond donors (Lipinski definition) is 1. The molecule has 0 unspecified atom stereocenters. The van der Waals surface area contributed by atoms with Crippen LogP contribution in [0.2, 0.25) is 0 Å². The molecule has 0 spiro atoms. The van der Waals surface area contributed by atoms with Crippen LogP contribution in [0.3, 0.4) is 0 Å². The van der Waals surface area contributed by atoms with Gasteiger partial charge in [0.25, 0.3) is 0 Å². The van der Waals surface area contributed by atoms with Crippen molar-refractivity contribution in [1.82, 2.24) is 0 Å². The number of unbranched alkanes of at least 4 members (excludes halogenated alkanes) is 1. The first kappa shape index (κ1) is 23.7. The van der Waals surface area contributed by atoms with Crippen LogP contribution in [0.25, 0.3) is 22.3 Å². The summed E-state index contributed by atoms with van der Waals surface area (Å²) in [5, 5.41) is 4.61. The molecule has 0 saturated heterocycles. The lowest BCUT2D eigenvalue weighted by molar-refractivity contribution is -2.00. The fraction of sp³-hybridized carbons (Fsp3) is 0.286. The summed E-state index contributed by atoms with van der Waals surface area (Å²) in [5.41, 5.74) is 2.81. The number of halogens is 1. The zero-order chi connectivity index (χ0) is 22.1. The van der Waals surface area contributed by atoms with Crippen molar-refractivity contribution in [3.63, 3.8) is 0 Å². The second-order valence-electron chi connectivity index (χ2n) is 6.24. The van der Waals surface area contributed by atoms with E-state index in [4.69, 9.17) is 32.5 Å². The fourth-order valence-corrected chi connectivity index (χ4v) is 2.82. The van der Waals surface area contributed by atoms with E-state index in [1.54, 1.807) is 14.2 Å². The number of anilines is 1. The Morgan fingerprint density at radius 1 is 0.967 bits per heavy atom. The molecule has 3 aromatic rings. The Morgan fingerprint density at radius 3 is 2.30 bits per heavy atom. The number of para-hydroxylation sites is 1. The highest BCUT2D eigenvalue weighted by Gasteiger charge is 2.22. The van der Waals surface area contributed by atoms with Crippen LogP contribution in [0.15, 0.2) is 52.9 Å². The minimum absolute atomic E-state index is 0.720. The number of nitrogens with one attached hydrogen (secondary N) is 1. The Balaban J connectivity index is 0.000000575. The normalized spacial score (nSPS) is 10.9. The number of benzene rings is 2. The van der Waals surface area contributed by atoms with E-state index in [0.29, 0.717) is 0 Å². The second kappa shape index (κ2) is 11.0. The van der Waals surface area contributed by atoms with Gasteiger partial charge in [0.05, 0.1) is 26.0 Å². The molecule has 1 N–H and O–H groups in total. The van der Waals surface area contributed by atoms with Gasteiger partial charge in [0.2, 0.25) is 0 Å². The summed E-state index contributed by atoms with van der Waals surface area (Å²) >= 11 is 0. The number of methoxy groups -OCH3 is 2. The molecular formula is C21H24ClNO7. The molecule has 0 amide bonds. The highest BCUT2D eigenvalue weighted by atomic mass is 35.7. The molecule has 0 aliphatic heterocycles. The van der Waals surface area contributed by atoms with Crippen LogP contribution < -0.4 is 33.4 Å². The molecule has 1 heterocycles. The topological polar surface area (TPSA) is 134 Å². The minimum Gasteiger partial charge on any atom is -0.497 e. The largest absolute Gasteiger partial charge is 0.497 e. The summed E-state index contributed by atoms with van der Waals surface area (Å²) in [6.45, 7) is 3.12. The Kier molecular flexibility index (Phi) is 8.64. The standard InChI is InChI=1S/C21H24NO3.ClHO4/c1-4-5-12-22-18-14-21(25-19-9-7-6-8-16(18)19)17-11-10-15(23-2)13-20(17)24-3;2-1(3,4)5/h6-11,13-14,22H,4-5,12H2,1-3H3;(H,2,3,4,5)/q+1;/p-1. The molecule has 0 radical (unpaired) electrons. The van der Waals surface area contributed by atoms with Crippen molar-refractivity contribution < 1.29 is 42.8 Å². The van der Waals surface area contributed by atoms with Crippen molar-refractivity contribution >= 4 is 16.7 Å². The van der Waals surface area contributed by atoms with Crippen LogP contribution in [0.5, 0.6) is 11.5 Å². The van der Waals surface area contributed by atoms with Gasteiger partial charge in [-0.2, -0.15) is 0 Å². The molecule has 9 heteroatoms. The molecule has 162 valence electrons. The number of fused-ring (bicyclic) bond motifs is 1. The molecule has 0 aliphatic rings. The van der Waals surface area contributed by atoms with Gasteiger partial charge in [0.15, 0.2) is 0 Å². The average Bonchev–Trinajstić information content (AvgIpc) is 2.72. The first-order chi connectivity index (χ1) is 14.3. The highest BCUT2D eigenvalue weighted by Crippen LogP contribution is 2.37. The van der Waals surface area contributed by atoms with Gasteiger partial charge in [0.1, 0.15) is 22.4 Å². The molecule has 1 aromatic heterocycles. The molecule has 3 rings (SSSR count). The van der Waals surface area contributed by atoms with E-state index < -0.39 is 10.2 Å². The van der Waals surface area contributed by atoms with Gasteiger partial charge in [-0.3, -0.25) is 0 Å². The summed E-state index contributed by atoms with van der Waals surface area (Å²) in [7, 11) is -1.65. The lowest BCUT2D eigenvalue weighted by atomic mass is 10.1. The molecule has 0 bridgehead atoms. The predicted octanol–water partition coefficient (Wildman–Crippen LogP) is 0.854. The van der Waals surface area contributed by atoms with Crippen molar-refractivity contribution in [2.45, 2.75) is 19.8 Å². The van der Waals surface area contributed by atoms with Crippen LogP contribution in [-0.2, 0) is 0 Å². The van der Waals surface area contributed by atoms with E-state index in [1.807, 2.05) is 42.5 Å². The van der Waals surface area contributed by atoms with E-state index in [2.05, 4.69) is 18.3 Å². The third-order valence-corrected chi connectivity index (χ3v) is 4.19. The Bertz CT molecular complexity index is 954. The van der Waals surface area contributed by atoms with Crippen LogP contribution in [-0.4, -0.2) is 20.8 Å². The molecule has 0 fully saturated rings. The zero-order valence-electron chi connectivity index (χ0n) is 17.0. The summed E-state index contributed by atoms with van der Waals surface area (Å²) in [5.74, 6) is 2.23. The smallest absolute Gasteiger partial charge is 0.366 e. The third-order valence-electron chi connectivity index (χ3n) is 4.19. The predicted molar refractivity (Wildman–Crippen MR) is 103 cm³/mol. The van der Waals surface area contributed by atoms with Crippen molar-refractivity contribution in [1.29, 1.82) is 0 Å². The summed E-state index contributed by atoms with van der Waals surface area (Å²) in [6, 6.07) is 15.8. The number of ether oxygens (including phenoxy) is 2. The van der Waals surface area contributed by atoms with Gasteiger partial charge in [-0.15, -0.1) is 10.2 Å². The number of hydrogen-bond acceptors (Lipinski definition) is 7. The maximum atomic E-state index is 8.49. The van der Waals surface area contributed by atoms with E-state index in [9.17, 15) is 0 Å².